The summed E-state index contributed by atoms with van der Waals surface area (Å²) in [5.74, 6) is -2.83. The molecule has 0 bridgehead atoms. The highest BCUT2D eigenvalue weighted by molar-refractivity contribution is 7.15. The molecule has 0 aliphatic carbocycles. The van der Waals surface area contributed by atoms with Gasteiger partial charge in [0.25, 0.3) is 5.91 Å². The summed E-state index contributed by atoms with van der Waals surface area (Å²) in [5, 5.41) is 6.41. The number of thiazole rings is 1. The number of hydrogen-bond donors (Lipinski definition) is 2. The van der Waals surface area contributed by atoms with Gasteiger partial charge in [-0.1, -0.05) is 35.3 Å². The molecule has 10 heteroatoms. The van der Waals surface area contributed by atoms with E-state index in [1.54, 1.807) is 18.3 Å². The number of carbonyl (C=O) groups is 2. The second-order valence-electron chi connectivity index (χ2n) is 6.20. The lowest BCUT2D eigenvalue weighted by molar-refractivity contribution is -0.116. The van der Waals surface area contributed by atoms with E-state index >= 15 is 0 Å². The molecule has 1 heterocycles. The van der Waals surface area contributed by atoms with E-state index in [0.29, 0.717) is 27.7 Å². The van der Waals surface area contributed by atoms with Crippen molar-refractivity contribution in [3.05, 3.63) is 80.3 Å². The van der Waals surface area contributed by atoms with Gasteiger partial charge in [-0.05, 0) is 23.8 Å². The van der Waals surface area contributed by atoms with E-state index in [1.807, 2.05) is 6.07 Å². The molecule has 30 heavy (non-hydrogen) atoms. The molecule has 5 nitrogen and oxygen atoms in total. The van der Waals surface area contributed by atoms with Gasteiger partial charge in [0.1, 0.15) is 11.6 Å². The lowest BCUT2D eigenvalue weighted by Crippen LogP contribution is -2.28. The number of nitrogens with zero attached hydrogens (tertiary/aromatic N) is 1. The van der Waals surface area contributed by atoms with Crippen LogP contribution in [0, 0.1) is 11.6 Å². The second kappa shape index (κ2) is 9.97. The lowest BCUT2D eigenvalue weighted by atomic mass is 10.1. The first-order valence-corrected chi connectivity index (χ1v) is 10.3. The molecule has 3 rings (SSSR count). The zero-order chi connectivity index (χ0) is 21.7. The summed E-state index contributed by atoms with van der Waals surface area (Å²) in [6, 6.07) is 8.02. The summed E-state index contributed by atoms with van der Waals surface area (Å²) in [6.45, 7) is -0.0160. The summed E-state index contributed by atoms with van der Waals surface area (Å²) < 4.78 is 26.5. The molecule has 0 spiro atoms. The molecule has 2 aromatic carbocycles. The quantitative estimate of drug-likeness (QED) is 0.506. The first-order chi connectivity index (χ1) is 14.3. The summed E-state index contributed by atoms with van der Waals surface area (Å²) in [5.41, 5.74) is 0.558. The molecule has 0 aliphatic rings. The number of amides is 2. The van der Waals surface area contributed by atoms with E-state index in [1.165, 1.54) is 11.3 Å². The van der Waals surface area contributed by atoms with Gasteiger partial charge < -0.3 is 10.6 Å². The molecule has 3 aromatic rings. The van der Waals surface area contributed by atoms with Gasteiger partial charge in [-0.2, -0.15) is 0 Å². The third-order valence-corrected chi connectivity index (χ3v) is 5.78. The Morgan fingerprint density at radius 3 is 2.70 bits per heavy atom. The summed E-state index contributed by atoms with van der Waals surface area (Å²) in [6.07, 6.45) is 2.12. The number of benzene rings is 2. The second-order valence-corrected chi connectivity index (χ2v) is 8.10. The molecular weight excluding hydrogens is 455 g/mol. The maximum absolute atomic E-state index is 13.6. The summed E-state index contributed by atoms with van der Waals surface area (Å²) >= 11 is 13.5. The predicted molar refractivity (Wildman–Crippen MR) is 113 cm³/mol. The first-order valence-electron chi connectivity index (χ1n) is 8.74. The van der Waals surface area contributed by atoms with Crippen molar-refractivity contribution in [2.45, 2.75) is 12.8 Å². The van der Waals surface area contributed by atoms with E-state index in [9.17, 15) is 18.4 Å². The van der Waals surface area contributed by atoms with Gasteiger partial charge in [0.05, 0.1) is 15.6 Å². The Morgan fingerprint density at radius 1 is 1.13 bits per heavy atom. The molecule has 2 amide bonds. The van der Waals surface area contributed by atoms with E-state index in [2.05, 4.69) is 15.6 Å². The fraction of sp³-hybridized carbons (Fsp3) is 0.150. The van der Waals surface area contributed by atoms with E-state index < -0.39 is 17.5 Å². The van der Waals surface area contributed by atoms with Crippen molar-refractivity contribution in [2.75, 3.05) is 11.9 Å². The van der Waals surface area contributed by atoms with Gasteiger partial charge in [0, 0.05) is 36.5 Å². The molecular formula is C20H15Cl2F2N3O2S. The van der Waals surface area contributed by atoms with Crippen LogP contribution in [-0.2, 0) is 11.2 Å². The number of hydrogen-bond acceptors (Lipinski definition) is 4. The van der Waals surface area contributed by atoms with Crippen LogP contribution >= 0.6 is 34.5 Å². The van der Waals surface area contributed by atoms with Crippen LogP contribution in [0.4, 0.5) is 13.9 Å². The maximum Gasteiger partial charge on any atom is 0.254 e. The topological polar surface area (TPSA) is 71.1 Å². The zero-order valence-electron chi connectivity index (χ0n) is 15.3. The fourth-order valence-corrected chi connectivity index (χ4v) is 3.80. The third kappa shape index (κ3) is 5.75. The zero-order valence-corrected chi connectivity index (χ0v) is 17.7. The van der Waals surface area contributed by atoms with Crippen LogP contribution in [-0.4, -0.2) is 23.3 Å². The minimum Gasteiger partial charge on any atom is -0.351 e. The van der Waals surface area contributed by atoms with Gasteiger partial charge in [-0.25, -0.2) is 13.8 Å². The number of halogens is 4. The largest absolute Gasteiger partial charge is 0.351 e. The van der Waals surface area contributed by atoms with Gasteiger partial charge in [-0.3, -0.25) is 9.59 Å². The molecule has 0 atom stereocenters. The standard InChI is InChI=1S/C20H15Cl2F2N3O2S/c21-15-3-1-2-11(18(15)22)8-13-10-26-20(30-13)27-17(28)6-7-25-19(29)14-5-4-12(23)9-16(14)24/h1-5,9-10H,6-8H2,(H,25,29)(H,26,27,28). The Labute approximate surface area is 185 Å². The van der Waals surface area contributed by atoms with Crippen LogP contribution in [0.5, 0.6) is 0 Å². The third-order valence-electron chi connectivity index (χ3n) is 4.01. The maximum atomic E-state index is 13.6. The number of nitrogens with one attached hydrogen (secondary N) is 2. The first kappa shape index (κ1) is 22.1. The van der Waals surface area contributed by atoms with Gasteiger partial charge in [0.15, 0.2) is 5.13 Å². The number of rotatable bonds is 7. The van der Waals surface area contributed by atoms with Crippen molar-refractivity contribution in [1.82, 2.24) is 10.3 Å². The van der Waals surface area contributed by atoms with Crippen molar-refractivity contribution >= 4 is 51.5 Å². The Hall–Kier alpha value is -2.55. The number of carbonyl (C=O) groups excluding carboxylic acids is 2. The summed E-state index contributed by atoms with van der Waals surface area (Å²) in [4.78, 5) is 29.0. The highest BCUT2D eigenvalue weighted by Crippen LogP contribution is 2.29. The van der Waals surface area contributed by atoms with E-state index in [-0.39, 0.29) is 24.4 Å². The minimum absolute atomic E-state index is 0.0160. The molecule has 0 fully saturated rings. The predicted octanol–water partition coefficient (Wildman–Crippen LogP) is 5.08. The van der Waals surface area contributed by atoms with Gasteiger partial charge in [-0.15, -0.1) is 11.3 Å². The van der Waals surface area contributed by atoms with Crippen molar-refractivity contribution < 1.29 is 18.4 Å². The van der Waals surface area contributed by atoms with E-state index in [4.69, 9.17) is 23.2 Å². The Bertz CT molecular complexity index is 1090. The normalized spacial score (nSPS) is 10.7. The van der Waals surface area contributed by atoms with Gasteiger partial charge >= 0.3 is 0 Å². The summed E-state index contributed by atoms with van der Waals surface area (Å²) in [7, 11) is 0. The average molecular weight is 470 g/mol. The molecule has 0 saturated carbocycles. The highest BCUT2D eigenvalue weighted by atomic mass is 35.5. The SMILES string of the molecule is O=C(CCNC(=O)c1ccc(F)cc1F)Nc1ncc(Cc2cccc(Cl)c2Cl)s1. The van der Waals surface area contributed by atoms with Crippen LogP contribution < -0.4 is 10.6 Å². The van der Waals surface area contributed by atoms with Crippen molar-refractivity contribution in [3.8, 4) is 0 Å². The Morgan fingerprint density at radius 2 is 1.93 bits per heavy atom. The average Bonchev–Trinajstić information content (AvgIpc) is 3.12. The monoisotopic (exact) mass is 469 g/mol. The molecule has 156 valence electrons. The van der Waals surface area contributed by atoms with Crippen LogP contribution in [0.1, 0.15) is 27.2 Å². The minimum atomic E-state index is -0.966. The molecule has 1 aromatic heterocycles. The molecule has 0 radical (unpaired) electrons. The molecule has 2 N–H and O–H groups in total. The smallest absolute Gasteiger partial charge is 0.254 e. The highest BCUT2D eigenvalue weighted by Gasteiger charge is 2.13. The van der Waals surface area contributed by atoms with Crippen LogP contribution in [0.15, 0.2) is 42.6 Å². The van der Waals surface area contributed by atoms with Gasteiger partial charge in [0.2, 0.25) is 5.91 Å². The molecule has 0 saturated heterocycles. The van der Waals surface area contributed by atoms with Crippen LogP contribution in [0.2, 0.25) is 10.0 Å². The van der Waals surface area contributed by atoms with Crippen LogP contribution in [0.25, 0.3) is 0 Å². The lowest BCUT2D eigenvalue weighted by Gasteiger charge is -2.06. The molecule has 0 aliphatic heterocycles. The number of aromatic nitrogens is 1. The van der Waals surface area contributed by atoms with Crippen molar-refractivity contribution in [3.63, 3.8) is 0 Å². The fourth-order valence-electron chi connectivity index (χ4n) is 2.56. The van der Waals surface area contributed by atoms with E-state index in [0.717, 1.165) is 22.6 Å². The van der Waals surface area contributed by atoms with Crippen molar-refractivity contribution in [1.29, 1.82) is 0 Å². The Balaban J connectivity index is 1.48. The van der Waals surface area contributed by atoms with Crippen LogP contribution in [0.3, 0.4) is 0 Å². The Kier molecular flexibility index (Phi) is 7.36. The number of anilines is 1. The van der Waals surface area contributed by atoms with Crippen molar-refractivity contribution in [2.24, 2.45) is 0 Å². The molecule has 0 unspecified atom stereocenters.